The summed E-state index contributed by atoms with van der Waals surface area (Å²) in [4.78, 5) is 11.7. The van der Waals surface area contributed by atoms with E-state index < -0.39 is 5.62 Å². The Bertz CT molecular complexity index is 274. The van der Waals surface area contributed by atoms with Crippen LogP contribution in [-0.4, -0.2) is 17.8 Å². The van der Waals surface area contributed by atoms with Gasteiger partial charge >= 0.3 is 0 Å². The Balaban J connectivity index is 4.39. The van der Waals surface area contributed by atoms with E-state index in [1.54, 1.807) is 11.4 Å². The first-order valence-electron chi connectivity index (χ1n) is 6.21. The zero-order valence-corrected chi connectivity index (χ0v) is 13.7. The molecular formula is C11H24NO2PS2. The first-order chi connectivity index (χ1) is 7.97. The van der Waals surface area contributed by atoms with Gasteiger partial charge in [0.15, 0.2) is 0 Å². The lowest BCUT2D eigenvalue weighted by Gasteiger charge is -2.24. The summed E-state index contributed by atoms with van der Waals surface area (Å²) >= 11 is 7.10. The van der Waals surface area contributed by atoms with Gasteiger partial charge in [0.2, 0.25) is 11.5 Å². The maximum absolute atomic E-state index is 11.7. The number of carbonyl (C=O) groups excluding carboxylic acids is 1. The van der Waals surface area contributed by atoms with Crippen LogP contribution in [0.25, 0.3) is 0 Å². The van der Waals surface area contributed by atoms with E-state index in [9.17, 15) is 4.79 Å². The minimum absolute atomic E-state index is 0.0273. The van der Waals surface area contributed by atoms with Crippen LogP contribution in [0.15, 0.2) is 0 Å². The highest BCUT2D eigenvalue weighted by Crippen LogP contribution is 2.58. The Morgan fingerprint density at radius 2 is 2.12 bits per heavy atom. The van der Waals surface area contributed by atoms with Gasteiger partial charge in [0.25, 0.3) is 0 Å². The Hall–Kier alpha value is 0.430. The molecule has 2 unspecified atom stereocenters. The van der Waals surface area contributed by atoms with Crippen molar-refractivity contribution in [3.05, 3.63) is 0 Å². The second kappa shape index (κ2) is 9.37. The summed E-state index contributed by atoms with van der Waals surface area (Å²) in [5, 5.41) is 3.34. The predicted molar refractivity (Wildman–Crippen MR) is 80.9 cm³/mol. The smallest absolute Gasteiger partial charge is 0.225 e. The van der Waals surface area contributed by atoms with Gasteiger partial charge in [-0.2, -0.15) is 0 Å². The summed E-state index contributed by atoms with van der Waals surface area (Å²) in [7, 11) is 0. The first kappa shape index (κ1) is 17.4. The number of rotatable bonds is 9. The molecule has 0 aliphatic carbocycles. The minimum Gasteiger partial charge on any atom is -0.327 e. The molecule has 1 N–H and O–H groups in total. The molecule has 0 fully saturated rings. The summed E-state index contributed by atoms with van der Waals surface area (Å²) in [5.41, 5.74) is -2.24. The number of carbonyl (C=O) groups is 1. The highest BCUT2D eigenvalue weighted by atomic mass is 32.9. The lowest BCUT2D eigenvalue weighted by atomic mass is 10.2. The summed E-state index contributed by atoms with van der Waals surface area (Å²) < 4.78 is 5.61. The maximum atomic E-state index is 11.7. The molecule has 0 rings (SSSR count). The fourth-order valence-corrected chi connectivity index (χ4v) is 7.45. The third-order valence-corrected chi connectivity index (χ3v) is 8.17. The third kappa shape index (κ3) is 8.20. The van der Waals surface area contributed by atoms with Crippen LogP contribution in [0.2, 0.25) is 0 Å². The first-order valence-corrected chi connectivity index (χ1v) is 10.4. The highest BCUT2D eigenvalue weighted by Gasteiger charge is 2.23. The van der Waals surface area contributed by atoms with E-state index in [4.69, 9.17) is 16.3 Å². The molecule has 3 nitrogen and oxygen atoms in total. The van der Waals surface area contributed by atoms with Crippen LogP contribution in [0.3, 0.4) is 0 Å². The van der Waals surface area contributed by atoms with Crippen molar-refractivity contribution < 1.29 is 9.32 Å². The Morgan fingerprint density at radius 1 is 1.47 bits per heavy atom. The van der Waals surface area contributed by atoms with Gasteiger partial charge in [-0.3, -0.25) is 9.88 Å². The standard InChI is InChI=1S/C11H24NO2PS2/c1-5-8-9-11(13)12-15(16,14-7-3)17-10(4)6-2/h10H,5-9H2,1-4H3,(H,12,13,16). The molecule has 0 bridgehead atoms. The highest BCUT2D eigenvalue weighted by molar-refractivity contribution is 8.69. The molecule has 0 aromatic rings. The number of hydrogen-bond donors (Lipinski definition) is 1. The van der Waals surface area contributed by atoms with E-state index in [1.165, 1.54) is 0 Å². The number of amides is 1. The van der Waals surface area contributed by atoms with Crippen LogP contribution in [-0.2, 0) is 21.1 Å². The molecule has 0 saturated carbocycles. The van der Waals surface area contributed by atoms with Gasteiger partial charge in [-0.25, -0.2) is 0 Å². The summed E-state index contributed by atoms with van der Waals surface area (Å²) in [5.74, 6) is 0.0273. The van der Waals surface area contributed by atoms with Gasteiger partial charge in [-0.1, -0.05) is 38.6 Å². The molecule has 0 spiro atoms. The van der Waals surface area contributed by atoms with Crippen molar-refractivity contribution in [2.24, 2.45) is 0 Å². The Kier molecular flexibility index (Phi) is 9.61. The van der Waals surface area contributed by atoms with Crippen molar-refractivity contribution in [2.75, 3.05) is 6.61 Å². The van der Waals surface area contributed by atoms with Crippen LogP contribution >= 0.6 is 17.0 Å². The third-order valence-electron chi connectivity index (χ3n) is 2.21. The second-order valence-electron chi connectivity index (χ2n) is 3.88. The van der Waals surface area contributed by atoms with Crippen molar-refractivity contribution in [1.82, 2.24) is 5.09 Å². The minimum atomic E-state index is -2.24. The van der Waals surface area contributed by atoms with Crippen molar-refractivity contribution in [1.29, 1.82) is 0 Å². The Morgan fingerprint density at radius 3 is 2.59 bits per heavy atom. The van der Waals surface area contributed by atoms with E-state index in [0.717, 1.165) is 19.3 Å². The quantitative estimate of drug-likeness (QED) is 0.651. The lowest BCUT2D eigenvalue weighted by molar-refractivity contribution is -0.119. The molecular weight excluding hydrogens is 273 g/mol. The molecule has 2 atom stereocenters. The SMILES string of the molecule is CCCCC(=O)NP(=S)(OCC)SC(C)CC. The van der Waals surface area contributed by atoms with Gasteiger partial charge < -0.3 is 4.52 Å². The number of nitrogens with one attached hydrogen (secondary N) is 1. The van der Waals surface area contributed by atoms with Crippen LogP contribution in [0, 0.1) is 0 Å². The van der Waals surface area contributed by atoms with Crippen molar-refractivity contribution >= 4 is 34.7 Å². The molecule has 0 radical (unpaired) electrons. The van der Waals surface area contributed by atoms with Crippen LogP contribution in [0.4, 0.5) is 0 Å². The van der Waals surface area contributed by atoms with E-state index in [2.05, 4.69) is 25.9 Å². The predicted octanol–water partition coefficient (Wildman–Crippen LogP) is 4.09. The van der Waals surface area contributed by atoms with E-state index in [1.807, 2.05) is 6.92 Å². The summed E-state index contributed by atoms with van der Waals surface area (Å²) in [6.07, 6.45) is 3.49. The van der Waals surface area contributed by atoms with Gasteiger partial charge in [0.1, 0.15) is 0 Å². The molecule has 1 amide bonds. The summed E-state index contributed by atoms with van der Waals surface area (Å²) in [6, 6.07) is 0. The molecule has 102 valence electrons. The van der Waals surface area contributed by atoms with Crippen molar-refractivity contribution in [3.8, 4) is 0 Å². The average molecular weight is 297 g/mol. The van der Waals surface area contributed by atoms with E-state index in [0.29, 0.717) is 18.3 Å². The zero-order valence-electron chi connectivity index (χ0n) is 11.2. The molecule has 6 heteroatoms. The second-order valence-corrected chi connectivity index (χ2v) is 10.8. The zero-order chi connectivity index (χ0) is 13.3. The van der Waals surface area contributed by atoms with Gasteiger partial charge in [0, 0.05) is 11.7 Å². The largest absolute Gasteiger partial charge is 0.327 e. The van der Waals surface area contributed by atoms with Gasteiger partial charge in [-0.15, -0.1) is 0 Å². The van der Waals surface area contributed by atoms with Crippen LogP contribution in [0.1, 0.15) is 53.4 Å². The fourth-order valence-electron chi connectivity index (χ4n) is 1.12. The molecule has 0 aliphatic heterocycles. The number of hydrogen-bond acceptors (Lipinski definition) is 4. The Labute approximate surface area is 114 Å². The molecule has 0 aromatic heterocycles. The fraction of sp³-hybridized carbons (Fsp3) is 0.909. The van der Waals surface area contributed by atoms with E-state index in [-0.39, 0.29) is 5.91 Å². The number of unbranched alkanes of at least 4 members (excludes halogenated alkanes) is 1. The maximum Gasteiger partial charge on any atom is 0.225 e. The lowest BCUT2D eigenvalue weighted by Crippen LogP contribution is -2.20. The topological polar surface area (TPSA) is 38.3 Å². The monoisotopic (exact) mass is 297 g/mol. The van der Waals surface area contributed by atoms with Crippen molar-refractivity contribution in [3.63, 3.8) is 0 Å². The molecule has 0 aliphatic rings. The van der Waals surface area contributed by atoms with Gasteiger partial charge in [0.05, 0.1) is 6.61 Å². The van der Waals surface area contributed by atoms with E-state index >= 15 is 0 Å². The summed E-state index contributed by atoms with van der Waals surface area (Å²) in [6.45, 7) is 8.76. The van der Waals surface area contributed by atoms with Crippen LogP contribution < -0.4 is 5.09 Å². The van der Waals surface area contributed by atoms with Crippen molar-refractivity contribution in [2.45, 2.75) is 58.6 Å². The molecule has 17 heavy (non-hydrogen) atoms. The van der Waals surface area contributed by atoms with Gasteiger partial charge in [-0.05, 0) is 31.6 Å². The molecule has 0 heterocycles. The molecule has 0 saturated heterocycles. The molecule has 0 aromatic carbocycles. The van der Waals surface area contributed by atoms with Crippen LogP contribution in [0.5, 0.6) is 0 Å². The normalized spacial score (nSPS) is 16.2. The average Bonchev–Trinajstić information content (AvgIpc) is 2.26.